The second-order valence-electron chi connectivity index (χ2n) is 6.28. The summed E-state index contributed by atoms with van der Waals surface area (Å²) in [6.45, 7) is 0. The molecule has 2 amide bonds. The number of carbonyl (C=O) groups is 2. The molecule has 4 rings (SSSR count). The van der Waals surface area contributed by atoms with E-state index in [1.165, 1.54) is 11.3 Å². The number of amides is 2. The quantitative estimate of drug-likeness (QED) is 0.385. The van der Waals surface area contributed by atoms with E-state index in [4.69, 9.17) is 5.73 Å². The molecule has 0 unspecified atom stereocenters. The van der Waals surface area contributed by atoms with Gasteiger partial charge in [0.2, 0.25) is 5.91 Å². The van der Waals surface area contributed by atoms with Crippen molar-refractivity contribution in [3.8, 4) is 11.3 Å². The highest BCUT2D eigenvalue weighted by Crippen LogP contribution is 2.25. The van der Waals surface area contributed by atoms with Gasteiger partial charge in [-0.2, -0.15) is 0 Å². The van der Waals surface area contributed by atoms with Gasteiger partial charge in [0, 0.05) is 30.0 Å². The van der Waals surface area contributed by atoms with Crippen LogP contribution in [0.15, 0.2) is 46.7 Å². The lowest BCUT2D eigenvalue weighted by Crippen LogP contribution is -2.16. The number of nitrogens with one attached hydrogen (secondary N) is 3. The predicted molar refractivity (Wildman–Crippen MR) is 110 cm³/mol. The van der Waals surface area contributed by atoms with E-state index in [1.54, 1.807) is 35.8 Å². The number of H-pyrrole nitrogens is 2. The third-order valence-corrected chi connectivity index (χ3v) is 5.00. The molecule has 0 saturated heterocycles. The normalized spacial score (nSPS) is 10.9. The van der Waals surface area contributed by atoms with Crippen molar-refractivity contribution in [2.24, 2.45) is 5.73 Å². The van der Waals surface area contributed by atoms with Gasteiger partial charge in [-0.25, -0.2) is 9.97 Å². The maximum absolute atomic E-state index is 12.2. The first kappa shape index (κ1) is 18.6. The van der Waals surface area contributed by atoms with Gasteiger partial charge in [0.05, 0.1) is 16.6 Å². The average Bonchev–Trinajstić information content (AvgIpc) is 3.36. The summed E-state index contributed by atoms with van der Waals surface area (Å²) in [5.74, 6) is -0.344. The smallest absolute Gasteiger partial charge is 0.265 e. The molecule has 1 aromatic carbocycles. The molecule has 0 saturated carbocycles. The van der Waals surface area contributed by atoms with Crippen LogP contribution < -0.4 is 16.6 Å². The van der Waals surface area contributed by atoms with Crippen molar-refractivity contribution < 1.29 is 9.59 Å². The van der Waals surface area contributed by atoms with Crippen molar-refractivity contribution in [1.29, 1.82) is 0 Å². The number of carbonyl (C=O) groups excluding carboxylic acids is 2. The number of anilines is 1. The molecular formula is C19H16N6O3S. The summed E-state index contributed by atoms with van der Waals surface area (Å²) in [7, 11) is 0. The Balaban J connectivity index is 1.39. The fourth-order valence-corrected chi connectivity index (χ4v) is 3.55. The van der Waals surface area contributed by atoms with Crippen LogP contribution in [-0.2, 0) is 11.2 Å². The Morgan fingerprint density at radius 1 is 1.21 bits per heavy atom. The number of nitrogens with zero attached hydrogens (tertiary/aromatic N) is 2. The summed E-state index contributed by atoms with van der Waals surface area (Å²) < 4.78 is 0. The van der Waals surface area contributed by atoms with Crippen LogP contribution >= 0.6 is 11.3 Å². The third kappa shape index (κ3) is 4.06. The number of thiazole rings is 1. The molecule has 5 N–H and O–H groups in total. The van der Waals surface area contributed by atoms with Crippen LogP contribution in [-0.4, -0.2) is 31.8 Å². The van der Waals surface area contributed by atoms with Crippen LogP contribution in [0.1, 0.15) is 22.7 Å². The number of para-hydroxylation sites is 1. The second kappa shape index (κ2) is 7.68. The highest BCUT2D eigenvalue weighted by Gasteiger charge is 2.12. The van der Waals surface area contributed by atoms with E-state index in [0.717, 1.165) is 0 Å². The molecule has 146 valence electrons. The van der Waals surface area contributed by atoms with Gasteiger partial charge in [-0.1, -0.05) is 12.1 Å². The summed E-state index contributed by atoms with van der Waals surface area (Å²) in [6.07, 6.45) is 2.07. The number of aromatic amines is 2. The lowest BCUT2D eigenvalue weighted by Gasteiger charge is -2.03. The molecule has 0 aliphatic rings. The summed E-state index contributed by atoms with van der Waals surface area (Å²) in [5.41, 5.74) is 7.21. The number of benzene rings is 1. The van der Waals surface area contributed by atoms with E-state index in [1.807, 2.05) is 6.07 Å². The molecular weight excluding hydrogens is 392 g/mol. The Kier molecular flexibility index (Phi) is 4.92. The van der Waals surface area contributed by atoms with Crippen molar-refractivity contribution in [2.75, 3.05) is 5.32 Å². The van der Waals surface area contributed by atoms with Gasteiger partial charge in [-0.3, -0.25) is 14.4 Å². The molecule has 0 bridgehead atoms. The number of primary amides is 1. The molecule has 10 heteroatoms. The first-order valence-corrected chi connectivity index (χ1v) is 9.59. The summed E-state index contributed by atoms with van der Waals surface area (Å²) in [4.78, 5) is 49.7. The van der Waals surface area contributed by atoms with Crippen molar-refractivity contribution in [3.05, 3.63) is 63.8 Å². The number of fused-ring (bicyclic) bond motifs is 1. The summed E-state index contributed by atoms with van der Waals surface area (Å²) in [5, 5.41) is 5.45. The Hall–Kier alpha value is -3.79. The van der Waals surface area contributed by atoms with E-state index in [0.29, 0.717) is 39.5 Å². The van der Waals surface area contributed by atoms with Crippen molar-refractivity contribution in [2.45, 2.75) is 12.8 Å². The van der Waals surface area contributed by atoms with Gasteiger partial charge in [-0.05, 0) is 18.2 Å². The number of hydrogen-bond acceptors (Lipinski definition) is 6. The van der Waals surface area contributed by atoms with Crippen LogP contribution in [0.3, 0.4) is 0 Å². The fourth-order valence-electron chi connectivity index (χ4n) is 2.82. The van der Waals surface area contributed by atoms with Crippen LogP contribution in [0.2, 0.25) is 0 Å². The van der Waals surface area contributed by atoms with Crippen LogP contribution in [0, 0.1) is 0 Å². The molecule has 0 fully saturated rings. The maximum Gasteiger partial charge on any atom is 0.265 e. The average molecular weight is 408 g/mol. The van der Waals surface area contributed by atoms with Crippen molar-refractivity contribution in [1.82, 2.24) is 19.9 Å². The summed E-state index contributed by atoms with van der Waals surface area (Å²) in [6, 6.07) is 8.65. The van der Waals surface area contributed by atoms with Gasteiger partial charge in [0.25, 0.3) is 11.5 Å². The Morgan fingerprint density at radius 3 is 2.83 bits per heavy atom. The zero-order chi connectivity index (χ0) is 20.4. The van der Waals surface area contributed by atoms with Crippen LogP contribution in [0.4, 0.5) is 5.13 Å². The van der Waals surface area contributed by atoms with E-state index < -0.39 is 5.91 Å². The summed E-state index contributed by atoms with van der Waals surface area (Å²) >= 11 is 1.27. The van der Waals surface area contributed by atoms with E-state index in [2.05, 4.69) is 25.3 Å². The van der Waals surface area contributed by atoms with E-state index in [-0.39, 0.29) is 23.6 Å². The van der Waals surface area contributed by atoms with Gasteiger partial charge in [-0.15, -0.1) is 11.3 Å². The van der Waals surface area contributed by atoms with Gasteiger partial charge < -0.3 is 21.0 Å². The molecule has 0 radical (unpaired) electrons. The number of nitrogens with two attached hydrogens (primary N) is 1. The Morgan fingerprint density at radius 2 is 2.03 bits per heavy atom. The van der Waals surface area contributed by atoms with Crippen LogP contribution in [0.25, 0.3) is 22.2 Å². The minimum atomic E-state index is -0.555. The molecule has 3 aromatic heterocycles. The first-order chi connectivity index (χ1) is 14.0. The van der Waals surface area contributed by atoms with E-state index >= 15 is 0 Å². The zero-order valence-corrected chi connectivity index (χ0v) is 15.9. The monoisotopic (exact) mass is 408 g/mol. The van der Waals surface area contributed by atoms with Crippen LogP contribution in [0.5, 0.6) is 0 Å². The van der Waals surface area contributed by atoms with E-state index in [9.17, 15) is 14.4 Å². The molecule has 0 atom stereocenters. The highest BCUT2D eigenvalue weighted by molar-refractivity contribution is 7.14. The largest absolute Gasteiger partial charge is 0.364 e. The molecule has 29 heavy (non-hydrogen) atoms. The van der Waals surface area contributed by atoms with Crippen molar-refractivity contribution in [3.63, 3.8) is 0 Å². The number of rotatable bonds is 6. The minimum Gasteiger partial charge on any atom is -0.364 e. The number of aryl methyl sites for hydroxylation is 1. The van der Waals surface area contributed by atoms with Gasteiger partial charge in [0.1, 0.15) is 11.5 Å². The second-order valence-corrected chi connectivity index (χ2v) is 7.14. The fraction of sp³-hybridized carbons (Fsp3) is 0.105. The first-order valence-electron chi connectivity index (χ1n) is 8.71. The standard InChI is InChI=1S/C19H16N6O3S/c20-17(27)13-7-10(8-21-13)14-9-29-19(23-14)25-16(26)6-5-15-22-12-4-2-1-3-11(12)18(28)24-15/h1-4,7-9,21H,5-6H2,(H2,20,27)(H,22,24,28)(H,23,25,26). The topological polar surface area (TPSA) is 147 Å². The number of hydrogen-bond donors (Lipinski definition) is 4. The third-order valence-electron chi connectivity index (χ3n) is 4.25. The van der Waals surface area contributed by atoms with Gasteiger partial charge in [0.15, 0.2) is 5.13 Å². The highest BCUT2D eigenvalue weighted by atomic mass is 32.1. The molecule has 0 aliphatic carbocycles. The molecule has 0 spiro atoms. The molecule has 4 aromatic rings. The molecule has 9 nitrogen and oxygen atoms in total. The Labute approximate surface area is 168 Å². The maximum atomic E-state index is 12.2. The SMILES string of the molecule is NC(=O)c1cc(-c2csc(NC(=O)CCc3nc4ccccc4c(=O)[nH]3)n2)c[nH]1. The Bertz CT molecular complexity index is 1270. The molecule has 3 heterocycles. The predicted octanol–water partition coefficient (Wildman–Crippen LogP) is 2.04. The number of aromatic nitrogens is 4. The van der Waals surface area contributed by atoms with Gasteiger partial charge >= 0.3 is 0 Å². The lowest BCUT2D eigenvalue weighted by atomic mass is 10.2. The lowest BCUT2D eigenvalue weighted by molar-refractivity contribution is -0.116. The van der Waals surface area contributed by atoms with Crippen molar-refractivity contribution >= 4 is 39.2 Å². The minimum absolute atomic E-state index is 0.145. The zero-order valence-electron chi connectivity index (χ0n) is 15.1. The molecule has 0 aliphatic heterocycles.